The summed E-state index contributed by atoms with van der Waals surface area (Å²) >= 11 is 0. The maximum Gasteiger partial charge on any atom is 0.0250 e. The molecule has 1 aliphatic rings. The van der Waals surface area contributed by atoms with E-state index < -0.39 is 0 Å². The normalized spacial score (nSPS) is 20.2. The minimum absolute atomic E-state index is 0.529. The van der Waals surface area contributed by atoms with Crippen molar-refractivity contribution < 1.29 is 0 Å². The highest BCUT2D eigenvalue weighted by molar-refractivity contribution is 4.78. The monoisotopic (exact) mass is 227 g/mol. The lowest BCUT2D eigenvalue weighted by atomic mass is 9.83. The van der Waals surface area contributed by atoms with E-state index in [9.17, 15) is 0 Å². The summed E-state index contributed by atoms with van der Waals surface area (Å²) in [4.78, 5) is 2.48. The van der Waals surface area contributed by atoms with Crippen molar-refractivity contribution in [3.8, 4) is 0 Å². The molecule has 3 N–H and O–H groups in total. The number of nitrogens with one attached hydrogen (secondary N) is 1. The summed E-state index contributed by atoms with van der Waals surface area (Å²) in [6.45, 7) is 7.94. The fraction of sp³-hybridized carbons (Fsp3) is 1.00. The Morgan fingerprint density at radius 2 is 1.81 bits per heavy atom. The first-order valence-electron chi connectivity index (χ1n) is 7.00. The maximum atomic E-state index is 5.70. The molecule has 1 unspecified atom stereocenters. The number of hydrogen-bond donors (Lipinski definition) is 2. The van der Waals surface area contributed by atoms with Gasteiger partial charge in [0.1, 0.15) is 0 Å². The van der Waals surface area contributed by atoms with Gasteiger partial charge in [-0.1, -0.05) is 33.1 Å². The van der Waals surface area contributed by atoms with E-state index in [2.05, 4.69) is 24.2 Å². The Kier molecular flexibility index (Phi) is 7.01. The van der Waals surface area contributed by atoms with E-state index in [4.69, 9.17) is 5.84 Å². The fourth-order valence-electron chi connectivity index (χ4n) is 2.85. The molecule has 1 fully saturated rings. The molecule has 3 nitrogen and oxygen atoms in total. The molecule has 0 bridgehead atoms. The second-order valence-electron chi connectivity index (χ2n) is 4.99. The van der Waals surface area contributed by atoms with Crippen molar-refractivity contribution in [3.05, 3.63) is 0 Å². The molecule has 1 aliphatic carbocycles. The van der Waals surface area contributed by atoms with Gasteiger partial charge in [-0.15, -0.1) is 0 Å². The molecular formula is C13H29N3. The summed E-state index contributed by atoms with van der Waals surface area (Å²) < 4.78 is 0. The second-order valence-corrected chi connectivity index (χ2v) is 4.99. The number of hydrazine groups is 1. The summed E-state index contributed by atoms with van der Waals surface area (Å²) in [7, 11) is 0. The van der Waals surface area contributed by atoms with Gasteiger partial charge in [0.05, 0.1) is 0 Å². The van der Waals surface area contributed by atoms with E-state index in [1.54, 1.807) is 0 Å². The van der Waals surface area contributed by atoms with Gasteiger partial charge in [0.15, 0.2) is 0 Å². The average molecular weight is 227 g/mol. The van der Waals surface area contributed by atoms with E-state index >= 15 is 0 Å². The first kappa shape index (κ1) is 13.9. The Balaban J connectivity index is 2.29. The van der Waals surface area contributed by atoms with E-state index in [0.29, 0.717) is 6.04 Å². The molecule has 0 aromatic carbocycles. The van der Waals surface area contributed by atoms with Crippen LogP contribution in [0.3, 0.4) is 0 Å². The summed E-state index contributed by atoms with van der Waals surface area (Å²) in [5.41, 5.74) is 3.05. The highest BCUT2D eigenvalue weighted by atomic mass is 15.2. The van der Waals surface area contributed by atoms with Crippen molar-refractivity contribution >= 4 is 0 Å². The largest absolute Gasteiger partial charge is 0.304 e. The molecule has 0 heterocycles. The van der Waals surface area contributed by atoms with Crippen molar-refractivity contribution in [1.82, 2.24) is 10.3 Å². The van der Waals surface area contributed by atoms with E-state index in [1.165, 1.54) is 45.1 Å². The molecule has 0 spiro atoms. The molecule has 0 aromatic heterocycles. The van der Waals surface area contributed by atoms with Gasteiger partial charge in [0.25, 0.3) is 0 Å². The van der Waals surface area contributed by atoms with Gasteiger partial charge in [-0.25, -0.2) is 0 Å². The predicted octanol–water partition coefficient (Wildman–Crippen LogP) is 2.13. The van der Waals surface area contributed by atoms with Crippen molar-refractivity contribution in [2.45, 2.75) is 58.4 Å². The van der Waals surface area contributed by atoms with Crippen LogP contribution in [0.4, 0.5) is 0 Å². The molecule has 0 amide bonds. The highest BCUT2D eigenvalue weighted by Crippen LogP contribution is 2.27. The third-order valence-corrected chi connectivity index (χ3v) is 4.08. The second kappa shape index (κ2) is 8.04. The molecule has 0 aliphatic heterocycles. The van der Waals surface area contributed by atoms with Crippen molar-refractivity contribution in [1.29, 1.82) is 0 Å². The summed E-state index contributed by atoms with van der Waals surface area (Å²) in [5.74, 6) is 6.52. The molecule has 1 atom stereocenters. The molecular weight excluding hydrogens is 198 g/mol. The first-order chi connectivity index (χ1) is 7.81. The maximum absolute atomic E-state index is 5.70. The molecule has 0 aromatic rings. The SMILES string of the molecule is CCN(CC)CCC(NN)C1CCCCC1. The Hall–Kier alpha value is -0.120. The number of rotatable bonds is 7. The fourth-order valence-corrected chi connectivity index (χ4v) is 2.85. The van der Waals surface area contributed by atoms with Crippen LogP contribution in [0.2, 0.25) is 0 Å². The lowest BCUT2D eigenvalue weighted by Gasteiger charge is -2.31. The topological polar surface area (TPSA) is 41.3 Å². The van der Waals surface area contributed by atoms with E-state index in [-0.39, 0.29) is 0 Å². The van der Waals surface area contributed by atoms with Crippen LogP contribution in [-0.4, -0.2) is 30.6 Å². The number of nitrogens with zero attached hydrogens (tertiary/aromatic N) is 1. The van der Waals surface area contributed by atoms with Gasteiger partial charge < -0.3 is 4.90 Å². The summed E-state index contributed by atoms with van der Waals surface area (Å²) in [6, 6.07) is 0.529. The average Bonchev–Trinajstić information content (AvgIpc) is 2.36. The molecule has 1 saturated carbocycles. The van der Waals surface area contributed by atoms with Gasteiger partial charge in [-0.3, -0.25) is 11.3 Å². The van der Waals surface area contributed by atoms with Gasteiger partial charge in [0, 0.05) is 6.04 Å². The quantitative estimate of drug-likeness (QED) is 0.517. The standard InChI is InChI=1S/C13H29N3/c1-3-16(4-2)11-10-13(15-14)12-8-6-5-7-9-12/h12-13,15H,3-11,14H2,1-2H3. The van der Waals surface area contributed by atoms with Crippen LogP contribution in [0.25, 0.3) is 0 Å². The zero-order valence-corrected chi connectivity index (χ0v) is 11.0. The van der Waals surface area contributed by atoms with Gasteiger partial charge in [-0.2, -0.15) is 0 Å². The lowest BCUT2D eigenvalue weighted by molar-refractivity contribution is 0.221. The van der Waals surface area contributed by atoms with Crippen LogP contribution in [0.15, 0.2) is 0 Å². The summed E-state index contributed by atoms with van der Waals surface area (Å²) in [5, 5.41) is 0. The Labute approximate surface area is 101 Å². The van der Waals surface area contributed by atoms with Crippen LogP contribution in [-0.2, 0) is 0 Å². The predicted molar refractivity (Wildman–Crippen MR) is 70.1 cm³/mol. The summed E-state index contributed by atoms with van der Waals surface area (Å²) in [6.07, 6.45) is 8.15. The molecule has 1 rings (SSSR count). The van der Waals surface area contributed by atoms with Gasteiger partial charge in [0.2, 0.25) is 0 Å². The van der Waals surface area contributed by atoms with Crippen molar-refractivity contribution in [2.75, 3.05) is 19.6 Å². The molecule has 96 valence electrons. The first-order valence-corrected chi connectivity index (χ1v) is 7.00. The molecule has 16 heavy (non-hydrogen) atoms. The third-order valence-electron chi connectivity index (χ3n) is 4.08. The number of hydrogen-bond acceptors (Lipinski definition) is 3. The molecule has 0 radical (unpaired) electrons. The van der Waals surface area contributed by atoms with Crippen molar-refractivity contribution in [2.24, 2.45) is 11.8 Å². The van der Waals surface area contributed by atoms with E-state index in [1.807, 2.05) is 0 Å². The minimum atomic E-state index is 0.529. The molecule has 0 saturated heterocycles. The third kappa shape index (κ3) is 4.40. The van der Waals surface area contributed by atoms with Crippen LogP contribution < -0.4 is 11.3 Å². The Bertz CT molecular complexity index is 163. The lowest BCUT2D eigenvalue weighted by Crippen LogP contribution is -2.43. The highest BCUT2D eigenvalue weighted by Gasteiger charge is 2.22. The zero-order valence-electron chi connectivity index (χ0n) is 11.0. The zero-order chi connectivity index (χ0) is 11.8. The molecule has 3 heteroatoms. The van der Waals surface area contributed by atoms with Gasteiger partial charge >= 0.3 is 0 Å². The Morgan fingerprint density at radius 3 is 2.31 bits per heavy atom. The Morgan fingerprint density at radius 1 is 1.19 bits per heavy atom. The van der Waals surface area contributed by atoms with Crippen LogP contribution in [0, 0.1) is 5.92 Å². The van der Waals surface area contributed by atoms with Crippen LogP contribution in [0.1, 0.15) is 52.4 Å². The van der Waals surface area contributed by atoms with Gasteiger partial charge in [-0.05, 0) is 44.8 Å². The minimum Gasteiger partial charge on any atom is -0.304 e. The van der Waals surface area contributed by atoms with Crippen LogP contribution in [0.5, 0.6) is 0 Å². The smallest absolute Gasteiger partial charge is 0.0250 e. The number of nitrogens with two attached hydrogens (primary N) is 1. The van der Waals surface area contributed by atoms with Crippen molar-refractivity contribution in [3.63, 3.8) is 0 Å². The van der Waals surface area contributed by atoms with E-state index in [0.717, 1.165) is 19.0 Å². The van der Waals surface area contributed by atoms with Crippen LogP contribution >= 0.6 is 0 Å².